The summed E-state index contributed by atoms with van der Waals surface area (Å²) in [6, 6.07) is 6.15. The first-order chi connectivity index (χ1) is 6.94. The van der Waals surface area contributed by atoms with E-state index in [0.717, 1.165) is 5.56 Å². The molecule has 84 valence electrons. The Morgan fingerprint density at radius 1 is 1.33 bits per heavy atom. The molecular formula is C12H18FNO. The Morgan fingerprint density at radius 2 is 1.87 bits per heavy atom. The van der Waals surface area contributed by atoms with Crippen LogP contribution in [0.5, 0.6) is 0 Å². The van der Waals surface area contributed by atoms with E-state index >= 15 is 0 Å². The molecule has 0 saturated carbocycles. The molecule has 0 bridgehead atoms. The van der Waals surface area contributed by atoms with E-state index in [2.05, 4.69) is 0 Å². The zero-order valence-corrected chi connectivity index (χ0v) is 9.46. The minimum absolute atomic E-state index is 0.124. The minimum Gasteiger partial charge on any atom is -0.379 e. The van der Waals surface area contributed by atoms with Crippen LogP contribution in [0, 0.1) is 5.82 Å². The summed E-state index contributed by atoms with van der Waals surface area (Å²) in [6.45, 7) is 3.97. The van der Waals surface area contributed by atoms with E-state index in [9.17, 15) is 4.39 Å². The van der Waals surface area contributed by atoms with Gasteiger partial charge in [0.25, 0.3) is 0 Å². The van der Waals surface area contributed by atoms with Crippen LogP contribution in [0.2, 0.25) is 0 Å². The topological polar surface area (TPSA) is 35.2 Å². The molecule has 0 saturated heterocycles. The first-order valence-corrected chi connectivity index (χ1v) is 5.01. The van der Waals surface area contributed by atoms with Crippen molar-refractivity contribution in [1.82, 2.24) is 0 Å². The van der Waals surface area contributed by atoms with Crippen LogP contribution in [0.15, 0.2) is 24.3 Å². The predicted molar refractivity (Wildman–Crippen MR) is 59.0 cm³/mol. The van der Waals surface area contributed by atoms with Gasteiger partial charge in [-0.25, -0.2) is 4.39 Å². The Kier molecular flexibility index (Phi) is 3.83. The maximum absolute atomic E-state index is 12.7. The Hall–Kier alpha value is -0.930. The average Bonchev–Trinajstić information content (AvgIpc) is 2.18. The van der Waals surface area contributed by atoms with Crippen LogP contribution in [0.25, 0.3) is 0 Å². The van der Waals surface area contributed by atoms with Crippen molar-refractivity contribution in [2.45, 2.75) is 31.9 Å². The summed E-state index contributed by atoms with van der Waals surface area (Å²) in [7, 11) is 1.66. The number of nitrogens with two attached hydrogens (primary N) is 1. The Bertz CT molecular complexity index is 308. The number of halogens is 1. The number of methoxy groups -OCH3 is 1. The lowest BCUT2D eigenvalue weighted by atomic mass is 9.94. The second-order valence-corrected chi connectivity index (χ2v) is 4.33. The highest BCUT2D eigenvalue weighted by Crippen LogP contribution is 2.23. The van der Waals surface area contributed by atoms with E-state index in [1.165, 1.54) is 12.1 Å². The molecule has 1 aromatic carbocycles. The van der Waals surface area contributed by atoms with Gasteiger partial charge in [0.15, 0.2) is 0 Å². The SMILES string of the molecule is COC(C)(C)CC(N)c1ccc(F)cc1. The van der Waals surface area contributed by atoms with Crippen molar-refractivity contribution in [3.05, 3.63) is 35.6 Å². The number of rotatable bonds is 4. The van der Waals surface area contributed by atoms with Crippen LogP contribution in [0.3, 0.4) is 0 Å². The molecule has 0 aliphatic rings. The molecule has 0 aromatic heterocycles. The van der Waals surface area contributed by atoms with Crippen molar-refractivity contribution in [2.75, 3.05) is 7.11 Å². The molecule has 3 heteroatoms. The fraction of sp³-hybridized carbons (Fsp3) is 0.500. The summed E-state index contributed by atoms with van der Waals surface area (Å²) in [5, 5.41) is 0. The smallest absolute Gasteiger partial charge is 0.123 e. The molecule has 0 spiro atoms. The lowest BCUT2D eigenvalue weighted by molar-refractivity contribution is 0.00995. The van der Waals surface area contributed by atoms with Gasteiger partial charge in [0.1, 0.15) is 5.82 Å². The molecular weight excluding hydrogens is 193 g/mol. The highest BCUT2D eigenvalue weighted by Gasteiger charge is 2.21. The van der Waals surface area contributed by atoms with Crippen LogP contribution in [0.4, 0.5) is 4.39 Å². The molecule has 1 atom stereocenters. The van der Waals surface area contributed by atoms with E-state index in [4.69, 9.17) is 10.5 Å². The molecule has 0 fully saturated rings. The Morgan fingerprint density at radius 3 is 2.33 bits per heavy atom. The quantitative estimate of drug-likeness (QED) is 0.831. The molecule has 1 unspecified atom stereocenters. The molecule has 1 aromatic rings. The summed E-state index contributed by atoms with van der Waals surface area (Å²) in [5.41, 5.74) is 6.68. The average molecular weight is 211 g/mol. The van der Waals surface area contributed by atoms with Gasteiger partial charge in [-0.2, -0.15) is 0 Å². The van der Waals surface area contributed by atoms with Crippen molar-refractivity contribution in [3.63, 3.8) is 0 Å². The van der Waals surface area contributed by atoms with Crippen LogP contribution in [-0.4, -0.2) is 12.7 Å². The molecule has 0 heterocycles. The third-order valence-electron chi connectivity index (χ3n) is 2.56. The summed E-state index contributed by atoms with van der Waals surface area (Å²) < 4.78 is 18.0. The van der Waals surface area contributed by atoms with Crippen molar-refractivity contribution < 1.29 is 9.13 Å². The van der Waals surface area contributed by atoms with Gasteiger partial charge in [0, 0.05) is 13.2 Å². The number of hydrogen-bond acceptors (Lipinski definition) is 2. The third kappa shape index (κ3) is 3.61. The molecule has 0 radical (unpaired) electrons. The zero-order chi connectivity index (χ0) is 11.5. The Balaban J connectivity index is 2.69. The lowest BCUT2D eigenvalue weighted by Gasteiger charge is -2.26. The summed E-state index contributed by atoms with van der Waals surface area (Å²) in [4.78, 5) is 0. The van der Waals surface area contributed by atoms with E-state index in [1.54, 1.807) is 19.2 Å². The zero-order valence-electron chi connectivity index (χ0n) is 9.46. The van der Waals surface area contributed by atoms with E-state index < -0.39 is 0 Å². The summed E-state index contributed by atoms with van der Waals surface area (Å²) in [5.74, 6) is -0.239. The first-order valence-electron chi connectivity index (χ1n) is 5.01. The fourth-order valence-electron chi connectivity index (χ4n) is 1.44. The van der Waals surface area contributed by atoms with Crippen LogP contribution in [-0.2, 0) is 4.74 Å². The highest BCUT2D eigenvalue weighted by molar-refractivity contribution is 5.19. The molecule has 0 amide bonds. The number of benzene rings is 1. The van der Waals surface area contributed by atoms with Gasteiger partial charge in [-0.15, -0.1) is 0 Å². The van der Waals surface area contributed by atoms with Crippen molar-refractivity contribution in [1.29, 1.82) is 0 Å². The van der Waals surface area contributed by atoms with Gasteiger partial charge >= 0.3 is 0 Å². The van der Waals surface area contributed by atoms with Crippen molar-refractivity contribution in [2.24, 2.45) is 5.73 Å². The summed E-state index contributed by atoms with van der Waals surface area (Å²) in [6.07, 6.45) is 0.704. The van der Waals surface area contributed by atoms with Gasteiger partial charge in [-0.1, -0.05) is 12.1 Å². The monoisotopic (exact) mass is 211 g/mol. The second kappa shape index (κ2) is 4.73. The summed E-state index contributed by atoms with van der Waals surface area (Å²) >= 11 is 0. The third-order valence-corrected chi connectivity index (χ3v) is 2.56. The minimum atomic E-state index is -0.256. The highest BCUT2D eigenvalue weighted by atomic mass is 19.1. The van der Waals surface area contributed by atoms with E-state index in [-0.39, 0.29) is 17.5 Å². The molecule has 2 nitrogen and oxygen atoms in total. The standard InChI is InChI=1S/C12H18FNO/c1-12(2,15-3)8-11(14)9-4-6-10(13)7-5-9/h4-7,11H,8,14H2,1-3H3. The maximum atomic E-state index is 12.7. The second-order valence-electron chi connectivity index (χ2n) is 4.33. The van der Waals surface area contributed by atoms with Gasteiger partial charge in [0.05, 0.1) is 5.60 Å². The van der Waals surface area contributed by atoms with Gasteiger partial charge < -0.3 is 10.5 Å². The van der Waals surface area contributed by atoms with Gasteiger partial charge in [0.2, 0.25) is 0 Å². The van der Waals surface area contributed by atoms with Crippen LogP contribution in [0.1, 0.15) is 31.9 Å². The Labute approximate surface area is 90.2 Å². The molecule has 0 aliphatic heterocycles. The van der Waals surface area contributed by atoms with Gasteiger partial charge in [-0.05, 0) is 38.0 Å². The maximum Gasteiger partial charge on any atom is 0.123 e. The largest absolute Gasteiger partial charge is 0.379 e. The van der Waals surface area contributed by atoms with Crippen LogP contribution < -0.4 is 5.73 Å². The van der Waals surface area contributed by atoms with E-state index in [0.29, 0.717) is 6.42 Å². The molecule has 0 aliphatic carbocycles. The first kappa shape index (κ1) is 12.1. The lowest BCUT2D eigenvalue weighted by Crippen LogP contribution is -2.28. The normalized spacial score (nSPS) is 13.9. The molecule has 1 rings (SSSR count). The van der Waals surface area contributed by atoms with Crippen molar-refractivity contribution in [3.8, 4) is 0 Å². The van der Waals surface area contributed by atoms with Crippen molar-refractivity contribution >= 4 is 0 Å². The molecule has 15 heavy (non-hydrogen) atoms. The number of ether oxygens (including phenoxy) is 1. The molecule has 2 N–H and O–H groups in total. The fourth-order valence-corrected chi connectivity index (χ4v) is 1.44. The predicted octanol–water partition coefficient (Wildman–Crippen LogP) is 2.64. The van der Waals surface area contributed by atoms with Crippen LogP contribution >= 0.6 is 0 Å². The van der Waals surface area contributed by atoms with E-state index in [1.807, 2.05) is 13.8 Å². The number of hydrogen-bond donors (Lipinski definition) is 1. The van der Waals surface area contributed by atoms with Gasteiger partial charge in [-0.3, -0.25) is 0 Å².